The van der Waals surface area contributed by atoms with Crippen LogP contribution in [0.15, 0.2) is 22.8 Å². The van der Waals surface area contributed by atoms with Crippen LogP contribution in [0.3, 0.4) is 0 Å². The molecule has 84 valence electrons. The number of furan rings is 1. The van der Waals surface area contributed by atoms with E-state index < -0.39 is 0 Å². The molecule has 0 aliphatic heterocycles. The third-order valence-corrected chi connectivity index (χ3v) is 1.93. The Kier molecular flexibility index (Phi) is 4.90. The highest BCUT2D eigenvalue weighted by Gasteiger charge is 2.09. The summed E-state index contributed by atoms with van der Waals surface area (Å²) in [6, 6.07) is 3.79. The van der Waals surface area contributed by atoms with Crippen LogP contribution in [0.1, 0.15) is 19.6 Å². The van der Waals surface area contributed by atoms with E-state index in [1.807, 2.05) is 26.0 Å². The molecular formula is C11H17NO3. The Morgan fingerprint density at radius 2 is 2.47 bits per heavy atom. The first-order chi connectivity index (χ1) is 7.22. The van der Waals surface area contributed by atoms with Gasteiger partial charge < -0.3 is 14.5 Å². The van der Waals surface area contributed by atoms with Gasteiger partial charge in [-0.05, 0) is 26.0 Å². The molecule has 1 atom stereocenters. The molecule has 1 aromatic heterocycles. The number of hydrogen-bond donors (Lipinski definition) is 1. The summed E-state index contributed by atoms with van der Waals surface area (Å²) in [4.78, 5) is 11.3. The van der Waals surface area contributed by atoms with Gasteiger partial charge in [0.15, 0.2) is 0 Å². The highest BCUT2D eigenvalue weighted by molar-refractivity contribution is 5.77. The second-order valence-corrected chi connectivity index (χ2v) is 3.39. The van der Waals surface area contributed by atoms with E-state index in [2.05, 4.69) is 5.32 Å². The van der Waals surface area contributed by atoms with Crippen molar-refractivity contribution in [2.45, 2.75) is 26.3 Å². The molecule has 0 saturated carbocycles. The Balaban J connectivity index is 2.23. The minimum atomic E-state index is -0.0871. The van der Waals surface area contributed by atoms with Crippen molar-refractivity contribution in [2.75, 3.05) is 13.2 Å². The minimum absolute atomic E-state index is 0.0594. The molecular weight excluding hydrogens is 194 g/mol. The lowest BCUT2D eigenvalue weighted by atomic mass is 10.2. The van der Waals surface area contributed by atoms with E-state index in [0.717, 1.165) is 5.76 Å². The van der Waals surface area contributed by atoms with Crippen molar-refractivity contribution in [2.24, 2.45) is 0 Å². The lowest BCUT2D eigenvalue weighted by molar-refractivity contribution is -0.126. The molecule has 1 rings (SSSR count). The van der Waals surface area contributed by atoms with E-state index in [1.54, 1.807) is 6.26 Å². The van der Waals surface area contributed by atoms with E-state index in [1.165, 1.54) is 0 Å². The zero-order chi connectivity index (χ0) is 11.1. The van der Waals surface area contributed by atoms with Gasteiger partial charge >= 0.3 is 0 Å². The molecule has 4 heteroatoms. The quantitative estimate of drug-likeness (QED) is 0.773. The van der Waals surface area contributed by atoms with Crippen LogP contribution >= 0.6 is 0 Å². The highest BCUT2D eigenvalue weighted by atomic mass is 16.5. The van der Waals surface area contributed by atoms with Crippen LogP contribution < -0.4 is 5.32 Å². The van der Waals surface area contributed by atoms with Crippen LogP contribution in [0.4, 0.5) is 0 Å². The maximum absolute atomic E-state index is 11.3. The van der Waals surface area contributed by atoms with Gasteiger partial charge in [0.05, 0.1) is 6.26 Å². The number of carbonyl (C=O) groups is 1. The van der Waals surface area contributed by atoms with Crippen molar-refractivity contribution in [1.29, 1.82) is 0 Å². The molecule has 0 bridgehead atoms. The van der Waals surface area contributed by atoms with Crippen LogP contribution in [0.25, 0.3) is 0 Å². The molecule has 0 aromatic carbocycles. The van der Waals surface area contributed by atoms with Crippen molar-refractivity contribution in [3.05, 3.63) is 24.2 Å². The topological polar surface area (TPSA) is 51.5 Å². The van der Waals surface area contributed by atoms with Gasteiger partial charge in [0.1, 0.15) is 12.4 Å². The standard InChI is InChI=1S/C11H17NO3/c1-3-14-8-11(13)12-9(2)7-10-5-4-6-15-10/h4-6,9H,3,7-8H2,1-2H3,(H,12,13). The fourth-order valence-electron chi connectivity index (χ4n) is 1.29. The molecule has 1 amide bonds. The molecule has 0 saturated heterocycles. The zero-order valence-corrected chi connectivity index (χ0v) is 9.16. The first-order valence-electron chi connectivity index (χ1n) is 5.12. The predicted molar refractivity (Wildman–Crippen MR) is 56.5 cm³/mol. The molecule has 4 nitrogen and oxygen atoms in total. The second-order valence-electron chi connectivity index (χ2n) is 3.39. The normalized spacial score (nSPS) is 12.4. The highest BCUT2D eigenvalue weighted by Crippen LogP contribution is 2.03. The molecule has 0 aliphatic carbocycles. The maximum atomic E-state index is 11.3. The van der Waals surface area contributed by atoms with Gasteiger partial charge in [-0.2, -0.15) is 0 Å². The summed E-state index contributed by atoms with van der Waals surface area (Å²) in [7, 11) is 0. The maximum Gasteiger partial charge on any atom is 0.246 e. The number of ether oxygens (including phenoxy) is 1. The first-order valence-corrected chi connectivity index (χ1v) is 5.12. The third kappa shape index (κ3) is 4.65. The molecule has 15 heavy (non-hydrogen) atoms. The fraction of sp³-hybridized carbons (Fsp3) is 0.545. The summed E-state index contributed by atoms with van der Waals surface area (Å²) >= 11 is 0. The van der Waals surface area contributed by atoms with Crippen molar-refractivity contribution < 1.29 is 13.9 Å². The lowest BCUT2D eigenvalue weighted by Crippen LogP contribution is -2.36. The van der Waals surface area contributed by atoms with Crippen molar-refractivity contribution in [3.8, 4) is 0 Å². The molecule has 1 unspecified atom stereocenters. The van der Waals surface area contributed by atoms with Gasteiger partial charge in [0.25, 0.3) is 0 Å². The molecule has 1 aromatic rings. The monoisotopic (exact) mass is 211 g/mol. The van der Waals surface area contributed by atoms with Gasteiger partial charge in [-0.3, -0.25) is 4.79 Å². The number of amides is 1. The molecule has 0 aliphatic rings. The summed E-state index contributed by atoms with van der Waals surface area (Å²) in [6.45, 7) is 4.48. The zero-order valence-electron chi connectivity index (χ0n) is 9.16. The lowest BCUT2D eigenvalue weighted by Gasteiger charge is -2.12. The Morgan fingerprint density at radius 1 is 1.67 bits per heavy atom. The average Bonchev–Trinajstić information content (AvgIpc) is 2.67. The van der Waals surface area contributed by atoms with Crippen LogP contribution in [-0.2, 0) is 16.0 Å². The second kappa shape index (κ2) is 6.24. The van der Waals surface area contributed by atoms with Gasteiger partial charge in [0.2, 0.25) is 5.91 Å². The number of hydrogen-bond acceptors (Lipinski definition) is 3. The smallest absolute Gasteiger partial charge is 0.246 e. The molecule has 0 spiro atoms. The van der Waals surface area contributed by atoms with Crippen molar-refractivity contribution >= 4 is 5.91 Å². The largest absolute Gasteiger partial charge is 0.469 e. The summed E-state index contributed by atoms with van der Waals surface area (Å²) in [5.74, 6) is 0.787. The number of carbonyl (C=O) groups excluding carboxylic acids is 1. The van der Waals surface area contributed by atoms with Gasteiger partial charge in [-0.1, -0.05) is 0 Å². The first kappa shape index (κ1) is 11.8. The van der Waals surface area contributed by atoms with Crippen LogP contribution in [0.5, 0.6) is 0 Å². The SMILES string of the molecule is CCOCC(=O)NC(C)Cc1ccco1. The van der Waals surface area contributed by atoms with Gasteiger partial charge in [-0.25, -0.2) is 0 Å². The summed E-state index contributed by atoms with van der Waals surface area (Å²) in [5.41, 5.74) is 0. The van der Waals surface area contributed by atoms with Crippen molar-refractivity contribution in [1.82, 2.24) is 5.32 Å². The summed E-state index contributed by atoms with van der Waals surface area (Å²) < 4.78 is 10.2. The van der Waals surface area contributed by atoms with Gasteiger partial charge in [-0.15, -0.1) is 0 Å². The van der Waals surface area contributed by atoms with E-state index in [-0.39, 0.29) is 18.6 Å². The molecule has 0 radical (unpaired) electrons. The van der Waals surface area contributed by atoms with Crippen LogP contribution in [0, 0.1) is 0 Å². The van der Waals surface area contributed by atoms with E-state index in [9.17, 15) is 4.79 Å². The number of nitrogens with one attached hydrogen (secondary N) is 1. The Morgan fingerprint density at radius 3 is 3.07 bits per heavy atom. The molecule has 1 N–H and O–H groups in total. The molecule has 1 heterocycles. The Hall–Kier alpha value is -1.29. The van der Waals surface area contributed by atoms with Crippen LogP contribution in [-0.4, -0.2) is 25.2 Å². The molecule has 0 fully saturated rings. The number of rotatable bonds is 6. The van der Waals surface area contributed by atoms with E-state index in [4.69, 9.17) is 9.15 Å². The van der Waals surface area contributed by atoms with Crippen molar-refractivity contribution in [3.63, 3.8) is 0 Å². The minimum Gasteiger partial charge on any atom is -0.469 e. The average molecular weight is 211 g/mol. The van der Waals surface area contributed by atoms with Crippen LogP contribution in [0.2, 0.25) is 0 Å². The summed E-state index contributed by atoms with van der Waals surface area (Å²) in [5, 5.41) is 2.83. The third-order valence-electron chi connectivity index (χ3n) is 1.93. The Labute approximate surface area is 89.6 Å². The summed E-state index contributed by atoms with van der Waals surface area (Å²) in [6.07, 6.45) is 2.33. The van der Waals surface area contributed by atoms with Gasteiger partial charge in [0, 0.05) is 19.1 Å². The Bertz CT molecular complexity index is 282. The fourth-order valence-corrected chi connectivity index (χ4v) is 1.29. The van der Waals surface area contributed by atoms with E-state index >= 15 is 0 Å². The van der Waals surface area contributed by atoms with E-state index in [0.29, 0.717) is 13.0 Å². The predicted octanol–water partition coefficient (Wildman–Crippen LogP) is 1.36.